The normalized spacial score (nSPS) is 14.0. The molecule has 24 heavy (non-hydrogen) atoms. The van der Waals surface area contributed by atoms with Crippen molar-refractivity contribution in [3.63, 3.8) is 0 Å². The van der Waals surface area contributed by atoms with Gasteiger partial charge in [-0.2, -0.15) is 0 Å². The second-order valence-corrected chi connectivity index (χ2v) is 6.02. The van der Waals surface area contributed by atoms with E-state index in [1.807, 2.05) is 12.1 Å². The van der Waals surface area contributed by atoms with E-state index >= 15 is 0 Å². The second kappa shape index (κ2) is 7.74. The standard InChI is InChI=1S/C20H19FN2O/c21-17-5-3-4-15(12-17)8-9-16-10-11-19(22-14-16)13-20(24)23-18-6-1-2-7-18/h3-5,10-12,14,18H,1-2,6-7,13H2,(H,23,24). The Morgan fingerprint density at radius 2 is 1.96 bits per heavy atom. The molecule has 1 N–H and O–H groups in total. The molecule has 3 rings (SSSR count). The van der Waals surface area contributed by atoms with Crippen LogP contribution >= 0.6 is 0 Å². The maximum absolute atomic E-state index is 13.1. The summed E-state index contributed by atoms with van der Waals surface area (Å²) in [4.78, 5) is 16.3. The molecule has 1 heterocycles. The molecule has 0 bridgehead atoms. The van der Waals surface area contributed by atoms with Crippen LogP contribution in [0.4, 0.5) is 4.39 Å². The number of carbonyl (C=O) groups excluding carboxylic acids is 1. The van der Waals surface area contributed by atoms with Gasteiger partial charge in [0.15, 0.2) is 0 Å². The van der Waals surface area contributed by atoms with E-state index in [-0.39, 0.29) is 18.1 Å². The average molecular weight is 322 g/mol. The zero-order chi connectivity index (χ0) is 16.8. The highest BCUT2D eigenvalue weighted by Gasteiger charge is 2.17. The van der Waals surface area contributed by atoms with Gasteiger partial charge in [0.2, 0.25) is 5.91 Å². The summed E-state index contributed by atoms with van der Waals surface area (Å²) >= 11 is 0. The van der Waals surface area contributed by atoms with Gasteiger partial charge in [0, 0.05) is 29.1 Å². The van der Waals surface area contributed by atoms with Crippen molar-refractivity contribution in [1.29, 1.82) is 0 Å². The van der Waals surface area contributed by atoms with Gasteiger partial charge >= 0.3 is 0 Å². The molecule has 122 valence electrons. The lowest BCUT2D eigenvalue weighted by atomic mass is 10.2. The van der Waals surface area contributed by atoms with Crippen molar-refractivity contribution in [3.05, 3.63) is 65.2 Å². The number of amides is 1. The molecule has 2 aromatic rings. The number of aromatic nitrogens is 1. The summed E-state index contributed by atoms with van der Waals surface area (Å²) < 4.78 is 13.1. The zero-order valence-corrected chi connectivity index (χ0v) is 13.4. The summed E-state index contributed by atoms with van der Waals surface area (Å²) in [6, 6.07) is 10.1. The smallest absolute Gasteiger partial charge is 0.226 e. The van der Waals surface area contributed by atoms with Crippen LogP contribution in [-0.4, -0.2) is 16.9 Å². The van der Waals surface area contributed by atoms with Crippen LogP contribution in [-0.2, 0) is 11.2 Å². The van der Waals surface area contributed by atoms with E-state index in [0.717, 1.165) is 24.1 Å². The van der Waals surface area contributed by atoms with E-state index in [1.165, 1.54) is 25.0 Å². The van der Waals surface area contributed by atoms with Crippen molar-refractivity contribution < 1.29 is 9.18 Å². The first-order chi connectivity index (χ1) is 11.7. The van der Waals surface area contributed by atoms with E-state index in [0.29, 0.717) is 11.6 Å². The van der Waals surface area contributed by atoms with E-state index < -0.39 is 0 Å². The van der Waals surface area contributed by atoms with E-state index in [1.54, 1.807) is 18.3 Å². The Bertz CT molecular complexity index is 768. The van der Waals surface area contributed by atoms with Gasteiger partial charge in [-0.3, -0.25) is 9.78 Å². The number of hydrogen-bond acceptors (Lipinski definition) is 2. The lowest BCUT2D eigenvalue weighted by Gasteiger charge is -2.11. The highest BCUT2D eigenvalue weighted by Crippen LogP contribution is 2.17. The minimum atomic E-state index is -0.302. The molecule has 1 saturated carbocycles. The van der Waals surface area contributed by atoms with Crippen LogP contribution in [0.2, 0.25) is 0 Å². The van der Waals surface area contributed by atoms with E-state index in [4.69, 9.17) is 0 Å². The minimum absolute atomic E-state index is 0.0213. The number of pyridine rings is 1. The van der Waals surface area contributed by atoms with Crippen LogP contribution in [0.5, 0.6) is 0 Å². The first-order valence-electron chi connectivity index (χ1n) is 8.21. The summed E-state index contributed by atoms with van der Waals surface area (Å²) in [6.07, 6.45) is 6.48. The molecule has 0 saturated heterocycles. The van der Waals surface area contributed by atoms with Crippen LogP contribution in [0, 0.1) is 17.7 Å². The summed E-state index contributed by atoms with van der Waals surface area (Å²) in [5.41, 5.74) is 2.08. The number of carbonyl (C=O) groups is 1. The van der Waals surface area contributed by atoms with Crippen molar-refractivity contribution >= 4 is 5.91 Å². The number of nitrogens with zero attached hydrogens (tertiary/aromatic N) is 1. The highest BCUT2D eigenvalue weighted by atomic mass is 19.1. The van der Waals surface area contributed by atoms with E-state index in [9.17, 15) is 9.18 Å². The van der Waals surface area contributed by atoms with Gasteiger partial charge in [0.1, 0.15) is 5.82 Å². The fourth-order valence-electron chi connectivity index (χ4n) is 2.83. The van der Waals surface area contributed by atoms with Gasteiger partial charge in [-0.15, -0.1) is 0 Å². The molecule has 1 amide bonds. The number of nitrogens with one attached hydrogen (secondary N) is 1. The molecule has 4 heteroatoms. The average Bonchev–Trinajstić information content (AvgIpc) is 3.07. The predicted octanol–water partition coefficient (Wildman–Crippen LogP) is 3.22. The Morgan fingerprint density at radius 1 is 1.17 bits per heavy atom. The molecular formula is C20H19FN2O. The molecule has 0 radical (unpaired) electrons. The van der Waals surface area contributed by atoms with Crippen molar-refractivity contribution in [2.45, 2.75) is 38.1 Å². The summed E-state index contributed by atoms with van der Waals surface area (Å²) in [6.45, 7) is 0. The monoisotopic (exact) mass is 322 g/mol. The summed E-state index contributed by atoms with van der Waals surface area (Å²) in [5.74, 6) is 5.57. The van der Waals surface area contributed by atoms with Crippen LogP contribution in [0.1, 0.15) is 42.5 Å². The second-order valence-electron chi connectivity index (χ2n) is 6.02. The molecule has 1 aliphatic carbocycles. The molecule has 1 fully saturated rings. The molecule has 1 aromatic heterocycles. The summed E-state index contributed by atoms with van der Waals surface area (Å²) in [7, 11) is 0. The van der Waals surface area contributed by atoms with Crippen molar-refractivity contribution in [2.75, 3.05) is 0 Å². The van der Waals surface area contributed by atoms with Gasteiger partial charge in [-0.1, -0.05) is 30.7 Å². The fourth-order valence-corrected chi connectivity index (χ4v) is 2.83. The molecule has 0 atom stereocenters. The number of rotatable bonds is 3. The molecular weight excluding hydrogens is 303 g/mol. The van der Waals surface area contributed by atoms with Gasteiger partial charge in [0.25, 0.3) is 0 Å². The Morgan fingerprint density at radius 3 is 2.67 bits per heavy atom. The number of benzene rings is 1. The minimum Gasteiger partial charge on any atom is -0.353 e. The number of hydrogen-bond donors (Lipinski definition) is 1. The van der Waals surface area contributed by atoms with Crippen LogP contribution < -0.4 is 5.32 Å². The van der Waals surface area contributed by atoms with Gasteiger partial charge in [-0.25, -0.2) is 4.39 Å². The molecule has 1 aliphatic rings. The fraction of sp³-hybridized carbons (Fsp3) is 0.300. The van der Waals surface area contributed by atoms with E-state index in [2.05, 4.69) is 22.1 Å². The van der Waals surface area contributed by atoms with Crippen LogP contribution in [0.25, 0.3) is 0 Å². The van der Waals surface area contributed by atoms with Crippen molar-refractivity contribution in [1.82, 2.24) is 10.3 Å². The molecule has 3 nitrogen and oxygen atoms in total. The molecule has 0 unspecified atom stereocenters. The Balaban J connectivity index is 1.58. The quantitative estimate of drug-likeness (QED) is 0.882. The maximum Gasteiger partial charge on any atom is 0.226 e. The van der Waals surface area contributed by atoms with Crippen LogP contribution in [0.3, 0.4) is 0 Å². The maximum atomic E-state index is 13.1. The SMILES string of the molecule is O=C(Cc1ccc(C#Cc2cccc(F)c2)cn1)NC1CCCC1. The third-order valence-corrected chi connectivity index (χ3v) is 4.06. The van der Waals surface area contributed by atoms with Crippen molar-refractivity contribution in [2.24, 2.45) is 0 Å². The Kier molecular flexibility index (Phi) is 5.22. The third kappa shape index (κ3) is 4.66. The zero-order valence-electron chi connectivity index (χ0n) is 13.4. The lowest BCUT2D eigenvalue weighted by Crippen LogP contribution is -2.33. The van der Waals surface area contributed by atoms with Gasteiger partial charge in [0.05, 0.1) is 6.42 Å². The lowest BCUT2D eigenvalue weighted by molar-refractivity contribution is -0.121. The van der Waals surface area contributed by atoms with Crippen molar-refractivity contribution in [3.8, 4) is 11.8 Å². The largest absolute Gasteiger partial charge is 0.353 e. The molecule has 0 aliphatic heterocycles. The number of halogens is 1. The van der Waals surface area contributed by atoms with Gasteiger partial charge in [-0.05, 0) is 43.2 Å². The predicted molar refractivity (Wildman–Crippen MR) is 90.7 cm³/mol. The Labute approximate surface area is 141 Å². The Hall–Kier alpha value is -2.67. The topological polar surface area (TPSA) is 42.0 Å². The first kappa shape index (κ1) is 16.2. The first-order valence-corrected chi connectivity index (χ1v) is 8.21. The third-order valence-electron chi connectivity index (χ3n) is 4.06. The summed E-state index contributed by atoms with van der Waals surface area (Å²) in [5, 5.41) is 3.05. The van der Waals surface area contributed by atoms with Crippen LogP contribution in [0.15, 0.2) is 42.6 Å². The van der Waals surface area contributed by atoms with Gasteiger partial charge < -0.3 is 5.32 Å². The molecule has 1 aromatic carbocycles. The molecule has 0 spiro atoms. The highest BCUT2D eigenvalue weighted by molar-refractivity contribution is 5.78.